The van der Waals surface area contributed by atoms with Gasteiger partial charge in [0.1, 0.15) is 12.1 Å². The Morgan fingerprint density at radius 2 is 2.09 bits per heavy atom. The zero-order valence-corrected chi connectivity index (χ0v) is 12.3. The summed E-state index contributed by atoms with van der Waals surface area (Å²) in [6, 6.07) is -2.60. The second kappa shape index (κ2) is 7.57. The van der Waals surface area contributed by atoms with Gasteiger partial charge in [-0.1, -0.05) is 0 Å². The first-order chi connectivity index (χ1) is 10.2. The highest BCUT2D eigenvalue weighted by Gasteiger charge is 2.28. The molecule has 1 aromatic heterocycles. The second-order valence-electron chi connectivity index (χ2n) is 4.32. The molecule has 0 saturated heterocycles. The van der Waals surface area contributed by atoms with Crippen LogP contribution in [0.15, 0.2) is 4.42 Å². The van der Waals surface area contributed by atoms with Crippen molar-refractivity contribution in [1.82, 2.24) is 19.6 Å². The zero-order chi connectivity index (χ0) is 16.9. The molecule has 0 aromatic carbocycles. The van der Waals surface area contributed by atoms with Crippen molar-refractivity contribution in [3.63, 3.8) is 0 Å². The molecule has 0 aliphatic heterocycles. The van der Waals surface area contributed by atoms with Crippen molar-refractivity contribution >= 4 is 16.2 Å². The van der Waals surface area contributed by atoms with E-state index in [2.05, 4.69) is 10.2 Å². The number of hydrogen-bond acceptors (Lipinski definition) is 9. The third-order valence-electron chi connectivity index (χ3n) is 2.44. The lowest BCUT2D eigenvalue weighted by molar-refractivity contribution is -0.141. The van der Waals surface area contributed by atoms with E-state index in [4.69, 9.17) is 20.4 Å². The first-order valence-corrected chi connectivity index (χ1v) is 7.51. The summed E-state index contributed by atoms with van der Waals surface area (Å²) in [5, 5.41) is 33.8. The van der Waals surface area contributed by atoms with Crippen molar-refractivity contribution in [2.75, 3.05) is 6.61 Å². The first kappa shape index (κ1) is 18.4. The Labute approximate surface area is 125 Å². The molecule has 7 N–H and O–H groups in total. The Hall–Kier alpha value is -1.64. The van der Waals surface area contributed by atoms with Gasteiger partial charge in [0.15, 0.2) is 0 Å². The Kier molecular flexibility index (Phi) is 6.34. The van der Waals surface area contributed by atoms with Crippen LogP contribution in [0.1, 0.15) is 24.7 Å². The molecule has 1 aromatic rings. The SMILES string of the molecule is CC(O)C(NS(=O)(=O)NCc1nnc(C(N)CO)o1)C(=O)O. The molecule has 0 saturated carbocycles. The van der Waals surface area contributed by atoms with Gasteiger partial charge in [-0.2, -0.15) is 17.9 Å². The van der Waals surface area contributed by atoms with E-state index in [0.717, 1.165) is 6.92 Å². The minimum absolute atomic E-state index is 0.0722. The molecule has 1 rings (SSSR count). The van der Waals surface area contributed by atoms with Gasteiger partial charge in [0.2, 0.25) is 11.8 Å². The number of carbonyl (C=O) groups is 1. The van der Waals surface area contributed by atoms with E-state index in [-0.39, 0.29) is 11.8 Å². The largest absolute Gasteiger partial charge is 0.480 e. The normalized spacial score (nSPS) is 16.2. The molecule has 0 bridgehead atoms. The Morgan fingerprint density at radius 1 is 1.45 bits per heavy atom. The fourth-order valence-electron chi connectivity index (χ4n) is 1.29. The highest BCUT2D eigenvalue weighted by Crippen LogP contribution is 2.07. The number of nitrogens with two attached hydrogens (primary N) is 1. The number of aliphatic hydroxyl groups excluding tert-OH is 2. The standard InChI is InChI=1S/C9H17N5O7S/c1-4(16)7(9(17)18)14-22(19,20)11-2-6-12-13-8(21-6)5(10)3-15/h4-5,7,11,14-16H,2-3,10H2,1H3,(H,17,18). The third kappa shape index (κ3) is 5.28. The van der Waals surface area contributed by atoms with Crippen LogP contribution in [0.25, 0.3) is 0 Å². The molecule has 13 heteroatoms. The molecule has 22 heavy (non-hydrogen) atoms. The molecular weight excluding hydrogens is 322 g/mol. The van der Waals surface area contributed by atoms with E-state index < -0.39 is 47.5 Å². The van der Waals surface area contributed by atoms with Crippen molar-refractivity contribution in [3.05, 3.63) is 11.8 Å². The van der Waals surface area contributed by atoms with Gasteiger partial charge in [0.05, 0.1) is 19.3 Å². The van der Waals surface area contributed by atoms with Crippen LogP contribution >= 0.6 is 0 Å². The van der Waals surface area contributed by atoms with Crippen LogP contribution in [0.4, 0.5) is 0 Å². The lowest BCUT2D eigenvalue weighted by Gasteiger charge is -2.16. The van der Waals surface area contributed by atoms with E-state index in [0.29, 0.717) is 0 Å². The number of rotatable bonds is 9. The van der Waals surface area contributed by atoms with Gasteiger partial charge in [0, 0.05) is 0 Å². The first-order valence-electron chi connectivity index (χ1n) is 6.02. The van der Waals surface area contributed by atoms with Crippen LogP contribution in [-0.4, -0.2) is 58.7 Å². The van der Waals surface area contributed by atoms with Crippen LogP contribution in [0.3, 0.4) is 0 Å². The maximum absolute atomic E-state index is 11.7. The average molecular weight is 339 g/mol. The van der Waals surface area contributed by atoms with Crippen molar-refractivity contribution < 1.29 is 32.9 Å². The molecule has 0 amide bonds. The smallest absolute Gasteiger partial charge is 0.324 e. The lowest BCUT2D eigenvalue weighted by Crippen LogP contribution is -2.51. The molecule has 0 aliphatic carbocycles. The third-order valence-corrected chi connectivity index (χ3v) is 3.53. The topological polar surface area (TPSA) is 201 Å². The number of aliphatic carboxylic acids is 1. The summed E-state index contributed by atoms with van der Waals surface area (Å²) in [7, 11) is -4.23. The van der Waals surface area contributed by atoms with Crippen molar-refractivity contribution in [3.8, 4) is 0 Å². The van der Waals surface area contributed by atoms with E-state index in [1.807, 2.05) is 4.72 Å². The predicted octanol–water partition coefficient (Wildman–Crippen LogP) is -3.18. The number of aliphatic hydroxyl groups is 2. The monoisotopic (exact) mass is 339 g/mol. The minimum atomic E-state index is -4.23. The Morgan fingerprint density at radius 3 is 2.59 bits per heavy atom. The number of carboxylic acids is 1. The predicted molar refractivity (Wildman–Crippen MR) is 70.3 cm³/mol. The molecule has 3 atom stereocenters. The van der Waals surface area contributed by atoms with E-state index in [1.165, 1.54) is 0 Å². The molecule has 0 aliphatic rings. The van der Waals surface area contributed by atoms with Crippen LogP contribution < -0.4 is 15.2 Å². The summed E-state index contributed by atoms with van der Waals surface area (Å²) in [5.41, 5.74) is 5.43. The highest BCUT2D eigenvalue weighted by atomic mass is 32.2. The van der Waals surface area contributed by atoms with E-state index >= 15 is 0 Å². The Balaban J connectivity index is 2.66. The van der Waals surface area contributed by atoms with E-state index in [1.54, 1.807) is 4.72 Å². The molecular formula is C9H17N5O7S. The van der Waals surface area contributed by atoms with E-state index in [9.17, 15) is 18.3 Å². The molecule has 3 unspecified atom stereocenters. The van der Waals surface area contributed by atoms with Gasteiger partial charge in [-0.05, 0) is 6.92 Å². The second-order valence-corrected chi connectivity index (χ2v) is 5.85. The van der Waals surface area contributed by atoms with Crippen LogP contribution in [0.5, 0.6) is 0 Å². The summed E-state index contributed by atoms with van der Waals surface area (Å²) in [6.07, 6.45) is -1.44. The zero-order valence-electron chi connectivity index (χ0n) is 11.5. The average Bonchev–Trinajstić information content (AvgIpc) is 2.90. The summed E-state index contributed by atoms with van der Waals surface area (Å²) >= 11 is 0. The summed E-state index contributed by atoms with van der Waals surface area (Å²) in [4.78, 5) is 10.8. The van der Waals surface area contributed by atoms with Gasteiger partial charge in [-0.25, -0.2) is 0 Å². The molecule has 0 radical (unpaired) electrons. The molecule has 0 spiro atoms. The van der Waals surface area contributed by atoms with Crippen molar-refractivity contribution in [1.29, 1.82) is 0 Å². The number of nitrogens with one attached hydrogen (secondary N) is 2. The fourth-order valence-corrected chi connectivity index (χ4v) is 2.32. The number of carboxylic acid groups (broad SMARTS) is 1. The summed E-state index contributed by atoms with van der Waals surface area (Å²) in [5.74, 6) is -1.74. The van der Waals surface area contributed by atoms with Crippen molar-refractivity contribution in [2.24, 2.45) is 5.73 Å². The van der Waals surface area contributed by atoms with Crippen molar-refractivity contribution in [2.45, 2.75) is 31.7 Å². The maximum atomic E-state index is 11.7. The van der Waals surface area contributed by atoms with Gasteiger partial charge in [-0.15, -0.1) is 10.2 Å². The van der Waals surface area contributed by atoms with Crippen LogP contribution in [0, 0.1) is 0 Å². The molecule has 126 valence electrons. The lowest BCUT2D eigenvalue weighted by atomic mass is 10.2. The number of aromatic nitrogens is 2. The molecule has 12 nitrogen and oxygen atoms in total. The van der Waals surface area contributed by atoms with Crippen LogP contribution in [0.2, 0.25) is 0 Å². The van der Waals surface area contributed by atoms with Gasteiger partial charge < -0.3 is 25.5 Å². The number of nitrogens with zero attached hydrogens (tertiary/aromatic N) is 2. The maximum Gasteiger partial charge on any atom is 0.324 e. The van der Waals surface area contributed by atoms with Crippen LogP contribution in [-0.2, 0) is 21.5 Å². The number of hydrogen-bond donors (Lipinski definition) is 6. The highest BCUT2D eigenvalue weighted by molar-refractivity contribution is 7.87. The Bertz CT molecular complexity index is 601. The quantitative estimate of drug-likeness (QED) is 0.266. The summed E-state index contributed by atoms with van der Waals surface area (Å²) < 4.78 is 32.1. The summed E-state index contributed by atoms with van der Waals surface area (Å²) in [6.45, 7) is 0.276. The fraction of sp³-hybridized carbons (Fsp3) is 0.667. The molecule has 0 fully saturated rings. The van der Waals surface area contributed by atoms with Gasteiger partial charge >= 0.3 is 5.97 Å². The minimum Gasteiger partial charge on any atom is -0.480 e. The van der Waals surface area contributed by atoms with Gasteiger partial charge in [-0.3, -0.25) is 4.79 Å². The molecule has 1 heterocycles. The van der Waals surface area contributed by atoms with Gasteiger partial charge in [0.25, 0.3) is 10.2 Å².